The summed E-state index contributed by atoms with van der Waals surface area (Å²) in [5, 5.41) is 13.5. The van der Waals surface area contributed by atoms with Gasteiger partial charge in [0.05, 0.1) is 23.2 Å². The molecular weight excluding hydrogens is 380 g/mol. The normalized spacial score (nSPS) is 11.8. The van der Waals surface area contributed by atoms with Crippen LogP contribution < -0.4 is 16.6 Å². The molecule has 1 atom stereocenters. The second kappa shape index (κ2) is 7.05. The zero-order valence-electron chi connectivity index (χ0n) is 13.8. The van der Waals surface area contributed by atoms with Crippen LogP contribution in [0.4, 0.5) is 11.8 Å². The standard InChI is InChI=1S/C18H17BrN6/c1-10-12(9-20)4-3-5-14(10)11(2)22-17-15-8-13(19)6-7-16(15)23-18(24-17)25-21/h3-8,11H,21H2,1-2H3,(H2,22,23,24,25)/t11-/m1/s1. The molecule has 1 aromatic heterocycles. The van der Waals surface area contributed by atoms with Crippen LogP contribution in [0.3, 0.4) is 0 Å². The fourth-order valence-corrected chi connectivity index (χ4v) is 3.16. The quantitative estimate of drug-likeness (QED) is 0.454. The van der Waals surface area contributed by atoms with E-state index in [9.17, 15) is 5.26 Å². The predicted octanol–water partition coefficient (Wildman–Crippen LogP) is 4.03. The number of nitriles is 1. The monoisotopic (exact) mass is 396 g/mol. The Balaban J connectivity index is 2.05. The zero-order chi connectivity index (χ0) is 18.0. The summed E-state index contributed by atoms with van der Waals surface area (Å²) in [5.74, 6) is 6.51. The number of hydrazine groups is 1. The first-order valence-corrected chi connectivity index (χ1v) is 8.53. The molecule has 0 saturated heterocycles. The van der Waals surface area contributed by atoms with Crippen molar-refractivity contribution >= 4 is 38.6 Å². The molecule has 0 saturated carbocycles. The van der Waals surface area contributed by atoms with Crippen LogP contribution in [-0.2, 0) is 0 Å². The smallest absolute Gasteiger partial charge is 0.239 e. The highest BCUT2D eigenvalue weighted by Crippen LogP contribution is 2.29. The first-order valence-electron chi connectivity index (χ1n) is 7.73. The van der Waals surface area contributed by atoms with E-state index in [1.807, 2.05) is 50.2 Å². The Morgan fingerprint density at radius 1 is 1.24 bits per heavy atom. The van der Waals surface area contributed by atoms with Crippen molar-refractivity contribution in [2.45, 2.75) is 19.9 Å². The van der Waals surface area contributed by atoms with Crippen molar-refractivity contribution in [3.63, 3.8) is 0 Å². The number of halogens is 1. The Labute approximate surface area is 154 Å². The summed E-state index contributed by atoms with van der Waals surface area (Å²) in [7, 11) is 0. The van der Waals surface area contributed by atoms with E-state index in [2.05, 4.69) is 42.7 Å². The third-order valence-corrected chi connectivity index (χ3v) is 4.60. The highest BCUT2D eigenvalue weighted by atomic mass is 79.9. The van der Waals surface area contributed by atoms with Gasteiger partial charge in [-0.2, -0.15) is 10.2 Å². The van der Waals surface area contributed by atoms with Crippen LogP contribution in [0.25, 0.3) is 10.9 Å². The number of hydrogen-bond donors (Lipinski definition) is 3. The Morgan fingerprint density at radius 3 is 2.76 bits per heavy atom. The minimum atomic E-state index is -0.0454. The summed E-state index contributed by atoms with van der Waals surface area (Å²) in [6.45, 7) is 3.98. The zero-order valence-corrected chi connectivity index (χ0v) is 15.4. The number of anilines is 2. The lowest BCUT2D eigenvalue weighted by Crippen LogP contribution is -2.14. The topological polar surface area (TPSA) is 99.7 Å². The molecule has 0 aliphatic rings. The molecule has 2 aromatic carbocycles. The summed E-state index contributed by atoms with van der Waals surface area (Å²) in [6, 6.07) is 13.7. The summed E-state index contributed by atoms with van der Waals surface area (Å²) >= 11 is 3.48. The average Bonchev–Trinajstić information content (AvgIpc) is 2.62. The van der Waals surface area contributed by atoms with Gasteiger partial charge in [-0.25, -0.2) is 10.8 Å². The lowest BCUT2D eigenvalue weighted by Gasteiger charge is -2.19. The molecule has 126 valence electrons. The fraction of sp³-hybridized carbons (Fsp3) is 0.167. The van der Waals surface area contributed by atoms with Gasteiger partial charge in [0.25, 0.3) is 0 Å². The Bertz CT molecular complexity index is 979. The molecule has 0 amide bonds. The second-order valence-corrected chi connectivity index (χ2v) is 6.61. The van der Waals surface area contributed by atoms with E-state index in [0.717, 1.165) is 26.5 Å². The van der Waals surface area contributed by atoms with Crippen molar-refractivity contribution in [3.8, 4) is 6.07 Å². The number of nitrogens with zero attached hydrogens (tertiary/aromatic N) is 3. The molecule has 6 nitrogen and oxygen atoms in total. The maximum absolute atomic E-state index is 9.24. The van der Waals surface area contributed by atoms with Crippen LogP contribution in [0.5, 0.6) is 0 Å². The van der Waals surface area contributed by atoms with Gasteiger partial charge < -0.3 is 5.32 Å². The van der Waals surface area contributed by atoms with Crippen LogP contribution >= 0.6 is 15.9 Å². The van der Waals surface area contributed by atoms with Gasteiger partial charge in [0, 0.05) is 9.86 Å². The van der Waals surface area contributed by atoms with Crippen LogP contribution in [0.1, 0.15) is 29.7 Å². The van der Waals surface area contributed by atoms with Crippen LogP contribution in [-0.4, -0.2) is 9.97 Å². The highest BCUT2D eigenvalue weighted by Gasteiger charge is 2.14. The molecule has 0 fully saturated rings. The highest BCUT2D eigenvalue weighted by molar-refractivity contribution is 9.10. The lowest BCUT2D eigenvalue weighted by molar-refractivity contribution is 0.865. The number of aromatic nitrogens is 2. The first-order chi connectivity index (χ1) is 12.0. The Hall–Kier alpha value is -2.69. The van der Waals surface area contributed by atoms with Crippen molar-refractivity contribution in [2.24, 2.45) is 5.84 Å². The maximum atomic E-state index is 9.24. The average molecular weight is 397 g/mol. The molecule has 3 aromatic rings. The summed E-state index contributed by atoms with van der Waals surface area (Å²) in [6.07, 6.45) is 0. The number of fused-ring (bicyclic) bond motifs is 1. The SMILES string of the molecule is Cc1c(C#N)cccc1[C@@H](C)Nc1nc(NN)nc2ccc(Br)cc12. The largest absolute Gasteiger partial charge is 0.363 e. The minimum absolute atomic E-state index is 0.0454. The number of benzene rings is 2. The van der Waals surface area contributed by atoms with Gasteiger partial charge >= 0.3 is 0 Å². The molecular formula is C18H17BrN6. The van der Waals surface area contributed by atoms with Crippen LogP contribution in [0, 0.1) is 18.3 Å². The van der Waals surface area contributed by atoms with Crippen LogP contribution in [0.15, 0.2) is 40.9 Å². The molecule has 25 heavy (non-hydrogen) atoms. The molecule has 0 aliphatic carbocycles. The van der Waals surface area contributed by atoms with Gasteiger partial charge in [0.2, 0.25) is 5.95 Å². The van der Waals surface area contributed by atoms with E-state index in [4.69, 9.17) is 5.84 Å². The number of nitrogens with one attached hydrogen (secondary N) is 2. The fourth-order valence-electron chi connectivity index (χ4n) is 2.80. The van der Waals surface area contributed by atoms with E-state index < -0.39 is 0 Å². The van der Waals surface area contributed by atoms with Crippen molar-refractivity contribution < 1.29 is 0 Å². The first kappa shape index (κ1) is 17.1. The van der Waals surface area contributed by atoms with Crippen molar-refractivity contribution in [1.82, 2.24) is 9.97 Å². The second-order valence-electron chi connectivity index (χ2n) is 5.70. The molecule has 0 aliphatic heterocycles. The summed E-state index contributed by atoms with van der Waals surface area (Å²) in [4.78, 5) is 8.82. The van der Waals surface area contributed by atoms with E-state index >= 15 is 0 Å². The van der Waals surface area contributed by atoms with E-state index in [0.29, 0.717) is 17.3 Å². The van der Waals surface area contributed by atoms with Crippen molar-refractivity contribution in [1.29, 1.82) is 5.26 Å². The molecule has 7 heteroatoms. The van der Waals surface area contributed by atoms with Crippen molar-refractivity contribution in [3.05, 3.63) is 57.6 Å². The molecule has 4 N–H and O–H groups in total. The van der Waals surface area contributed by atoms with Crippen molar-refractivity contribution in [2.75, 3.05) is 10.7 Å². The number of hydrogen-bond acceptors (Lipinski definition) is 6. The molecule has 0 radical (unpaired) electrons. The minimum Gasteiger partial charge on any atom is -0.363 e. The Kier molecular flexibility index (Phi) is 4.83. The third-order valence-electron chi connectivity index (χ3n) is 4.10. The third kappa shape index (κ3) is 3.40. The molecule has 3 rings (SSSR count). The molecule has 0 unspecified atom stereocenters. The molecule has 0 spiro atoms. The predicted molar refractivity (Wildman–Crippen MR) is 103 cm³/mol. The number of nitrogen functional groups attached to an aromatic ring is 1. The number of nitrogens with two attached hydrogens (primary N) is 1. The Morgan fingerprint density at radius 2 is 2.04 bits per heavy atom. The lowest BCUT2D eigenvalue weighted by atomic mass is 9.98. The maximum Gasteiger partial charge on any atom is 0.239 e. The van der Waals surface area contributed by atoms with Gasteiger partial charge in [-0.15, -0.1) is 0 Å². The van der Waals surface area contributed by atoms with E-state index in [1.54, 1.807) is 0 Å². The summed E-state index contributed by atoms with van der Waals surface area (Å²) in [5.41, 5.74) is 5.96. The van der Waals surface area contributed by atoms with Gasteiger partial charge in [0.15, 0.2) is 0 Å². The molecule has 1 heterocycles. The van der Waals surface area contributed by atoms with E-state index in [1.165, 1.54) is 0 Å². The van der Waals surface area contributed by atoms with Gasteiger partial charge in [0.1, 0.15) is 5.82 Å². The number of rotatable bonds is 4. The molecule has 0 bridgehead atoms. The van der Waals surface area contributed by atoms with Crippen LogP contribution in [0.2, 0.25) is 0 Å². The summed E-state index contributed by atoms with van der Waals surface area (Å²) < 4.78 is 0.940. The van der Waals surface area contributed by atoms with Gasteiger partial charge in [-0.1, -0.05) is 28.1 Å². The van der Waals surface area contributed by atoms with E-state index in [-0.39, 0.29) is 6.04 Å². The van der Waals surface area contributed by atoms with Gasteiger partial charge in [-0.3, -0.25) is 5.43 Å². The van der Waals surface area contributed by atoms with Gasteiger partial charge in [-0.05, 0) is 49.2 Å².